The van der Waals surface area contributed by atoms with E-state index < -0.39 is 0 Å². The van der Waals surface area contributed by atoms with Gasteiger partial charge in [0.25, 0.3) is 5.91 Å². The highest BCUT2D eigenvalue weighted by molar-refractivity contribution is 7.05. The lowest BCUT2D eigenvalue weighted by atomic mass is 10.0. The molecule has 2 heterocycles. The second kappa shape index (κ2) is 8.46. The summed E-state index contributed by atoms with van der Waals surface area (Å²) < 4.78 is 14.7. The Morgan fingerprint density at radius 2 is 2.08 bits per heavy atom. The summed E-state index contributed by atoms with van der Waals surface area (Å²) in [6, 6.07) is 5.68. The molecule has 1 N–H and O–H groups in total. The van der Waals surface area contributed by atoms with Gasteiger partial charge in [-0.05, 0) is 43.4 Å². The van der Waals surface area contributed by atoms with Crippen LogP contribution in [0.25, 0.3) is 0 Å². The van der Waals surface area contributed by atoms with Crippen LogP contribution in [-0.4, -0.2) is 53.5 Å². The van der Waals surface area contributed by atoms with Gasteiger partial charge in [0.1, 0.15) is 22.3 Å². The van der Waals surface area contributed by atoms with Gasteiger partial charge < -0.3 is 19.7 Å². The maximum absolute atomic E-state index is 12.8. The van der Waals surface area contributed by atoms with Gasteiger partial charge in [-0.15, -0.1) is 0 Å². The number of nitrogens with one attached hydrogen (secondary N) is 1. The first-order valence-electron chi connectivity index (χ1n) is 8.64. The van der Waals surface area contributed by atoms with Crippen LogP contribution in [0.15, 0.2) is 18.2 Å². The molecule has 1 saturated heterocycles. The van der Waals surface area contributed by atoms with Crippen molar-refractivity contribution in [2.75, 3.05) is 27.3 Å². The van der Waals surface area contributed by atoms with E-state index in [0.717, 1.165) is 43.3 Å². The summed E-state index contributed by atoms with van der Waals surface area (Å²) in [6.07, 6.45) is 1.84. The van der Waals surface area contributed by atoms with Crippen LogP contribution in [0.2, 0.25) is 0 Å². The van der Waals surface area contributed by atoms with E-state index in [1.807, 2.05) is 11.8 Å². The number of hydrogen-bond donors (Lipinski definition) is 1. The number of likely N-dealkylation sites (tertiary alicyclic amines) is 1. The second-order valence-electron chi connectivity index (χ2n) is 6.25. The molecule has 0 saturated carbocycles. The van der Waals surface area contributed by atoms with E-state index in [0.29, 0.717) is 23.1 Å². The quantitative estimate of drug-likeness (QED) is 0.833. The molecule has 0 atom stereocenters. The second-order valence-corrected chi connectivity index (χ2v) is 7.09. The normalized spacial score (nSPS) is 15.1. The number of methoxy groups -OCH3 is 2. The Morgan fingerprint density at radius 1 is 1.31 bits per heavy atom. The lowest BCUT2D eigenvalue weighted by Crippen LogP contribution is -2.44. The zero-order chi connectivity index (χ0) is 18.5. The van der Waals surface area contributed by atoms with Crippen LogP contribution in [0.3, 0.4) is 0 Å². The van der Waals surface area contributed by atoms with Crippen LogP contribution >= 0.6 is 11.5 Å². The van der Waals surface area contributed by atoms with Crippen molar-refractivity contribution >= 4 is 17.4 Å². The van der Waals surface area contributed by atoms with Gasteiger partial charge in [-0.25, -0.2) is 4.98 Å². The summed E-state index contributed by atoms with van der Waals surface area (Å²) in [7, 11) is 3.16. The minimum atomic E-state index is 0.00250. The number of carbonyl (C=O) groups excluding carboxylic acids is 1. The van der Waals surface area contributed by atoms with Gasteiger partial charge in [-0.2, -0.15) is 4.37 Å². The lowest BCUT2D eigenvalue weighted by molar-refractivity contribution is 0.0701. The molecule has 1 amide bonds. The van der Waals surface area contributed by atoms with Gasteiger partial charge >= 0.3 is 0 Å². The molecule has 1 aromatic heterocycles. The monoisotopic (exact) mass is 376 g/mol. The van der Waals surface area contributed by atoms with Crippen LogP contribution in [0.5, 0.6) is 11.5 Å². The highest BCUT2D eigenvalue weighted by atomic mass is 32.1. The van der Waals surface area contributed by atoms with Crippen molar-refractivity contribution in [2.24, 2.45) is 0 Å². The fraction of sp³-hybridized carbons (Fsp3) is 0.500. The molecular weight excluding hydrogens is 352 g/mol. The van der Waals surface area contributed by atoms with E-state index in [9.17, 15) is 4.79 Å². The van der Waals surface area contributed by atoms with E-state index >= 15 is 0 Å². The summed E-state index contributed by atoms with van der Waals surface area (Å²) in [4.78, 5) is 19.1. The average Bonchev–Trinajstić information content (AvgIpc) is 3.11. The number of benzene rings is 1. The van der Waals surface area contributed by atoms with E-state index in [1.54, 1.807) is 32.4 Å². The molecule has 2 aromatic rings. The summed E-state index contributed by atoms with van der Waals surface area (Å²) in [5.41, 5.74) is 0.573. The number of piperidine rings is 1. The molecule has 0 bridgehead atoms. The van der Waals surface area contributed by atoms with E-state index in [-0.39, 0.29) is 5.91 Å². The smallest absolute Gasteiger partial charge is 0.257 e. The molecule has 0 unspecified atom stereocenters. The number of rotatable bonds is 6. The molecule has 1 aliphatic rings. The zero-order valence-corrected chi connectivity index (χ0v) is 16.1. The summed E-state index contributed by atoms with van der Waals surface area (Å²) in [5, 5.41) is 4.52. The molecule has 26 heavy (non-hydrogen) atoms. The van der Waals surface area contributed by atoms with Crippen LogP contribution < -0.4 is 14.8 Å². The van der Waals surface area contributed by atoms with Crippen molar-refractivity contribution in [2.45, 2.75) is 32.4 Å². The third-order valence-electron chi connectivity index (χ3n) is 4.53. The van der Waals surface area contributed by atoms with Gasteiger partial charge in [0.05, 0.1) is 19.8 Å². The van der Waals surface area contributed by atoms with Gasteiger partial charge in [0.2, 0.25) is 0 Å². The average molecular weight is 376 g/mol. The molecular formula is C18H24N4O3S. The lowest BCUT2D eigenvalue weighted by Gasteiger charge is -2.32. The van der Waals surface area contributed by atoms with E-state index in [4.69, 9.17) is 9.47 Å². The van der Waals surface area contributed by atoms with Crippen LogP contribution in [0.4, 0.5) is 0 Å². The number of aromatic nitrogens is 2. The minimum absolute atomic E-state index is 0.00250. The van der Waals surface area contributed by atoms with Crippen molar-refractivity contribution < 1.29 is 14.3 Å². The Labute approximate surface area is 157 Å². The van der Waals surface area contributed by atoms with E-state index in [1.165, 1.54) is 11.5 Å². The van der Waals surface area contributed by atoms with Gasteiger partial charge in [0.15, 0.2) is 0 Å². The predicted molar refractivity (Wildman–Crippen MR) is 100.0 cm³/mol. The molecule has 1 aliphatic heterocycles. The molecule has 7 nitrogen and oxygen atoms in total. The zero-order valence-electron chi connectivity index (χ0n) is 15.3. The van der Waals surface area contributed by atoms with Crippen molar-refractivity contribution in [3.8, 4) is 11.5 Å². The number of ether oxygens (including phenoxy) is 2. The highest BCUT2D eigenvalue weighted by Crippen LogP contribution is 2.26. The van der Waals surface area contributed by atoms with Gasteiger partial charge in [0, 0.05) is 31.7 Å². The fourth-order valence-corrected chi connectivity index (χ4v) is 3.67. The van der Waals surface area contributed by atoms with Crippen LogP contribution in [0.1, 0.15) is 34.0 Å². The first-order chi connectivity index (χ1) is 12.6. The highest BCUT2D eigenvalue weighted by Gasteiger charge is 2.25. The predicted octanol–water partition coefficient (Wildman–Crippen LogP) is 2.26. The van der Waals surface area contributed by atoms with Gasteiger partial charge in [-0.1, -0.05) is 0 Å². The van der Waals surface area contributed by atoms with Crippen molar-refractivity contribution in [3.63, 3.8) is 0 Å². The van der Waals surface area contributed by atoms with Gasteiger partial charge in [-0.3, -0.25) is 4.79 Å². The van der Waals surface area contributed by atoms with Crippen molar-refractivity contribution in [1.82, 2.24) is 19.6 Å². The SMILES string of the molecule is COc1ccc(C(=O)N2CCC(NCc3nc(C)ns3)CC2)c(OC)c1. The molecule has 8 heteroatoms. The first-order valence-corrected chi connectivity index (χ1v) is 9.42. The third kappa shape index (κ3) is 4.31. The molecule has 0 radical (unpaired) electrons. The van der Waals surface area contributed by atoms with Crippen LogP contribution in [-0.2, 0) is 6.54 Å². The number of nitrogens with zero attached hydrogens (tertiary/aromatic N) is 3. The molecule has 3 rings (SSSR count). The number of carbonyl (C=O) groups is 1. The van der Waals surface area contributed by atoms with Crippen molar-refractivity contribution in [3.05, 3.63) is 34.6 Å². The topological polar surface area (TPSA) is 76.6 Å². The van der Waals surface area contributed by atoms with Crippen LogP contribution in [0, 0.1) is 6.92 Å². The third-order valence-corrected chi connectivity index (χ3v) is 5.33. The van der Waals surface area contributed by atoms with Crippen molar-refractivity contribution in [1.29, 1.82) is 0 Å². The first kappa shape index (κ1) is 18.6. The number of aryl methyl sites for hydroxylation is 1. The summed E-state index contributed by atoms with van der Waals surface area (Å²) in [5.74, 6) is 2.04. The fourth-order valence-electron chi connectivity index (χ4n) is 3.08. The Kier molecular flexibility index (Phi) is 6.05. The van der Waals surface area contributed by atoms with E-state index in [2.05, 4.69) is 14.7 Å². The minimum Gasteiger partial charge on any atom is -0.497 e. The molecule has 1 aromatic carbocycles. The summed E-state index contributed by atoms with van der Waals surface area (Å²) >= 11 is 1.44. The molecule has 140 valence electrons. The number of hydrogen-bond acceptors (Lipinski definition) is 7. The molecule has 0 aliphatic carbocycles. The Morgan fingerprint density at radius 3 is 2.69 bits per heavy atom. The molecule has 1 fully saturated rings. The Balaban J connectivity index is 1.55. The molecule has 0 spiro atoms. The largest absolute Gasteiger partial charge is 0.497 e. The number of amides is 1. The standard InChI is InChI=1S/C18H24N4O3S/c1-12-20-17(26-21-12)11-19-13-6-8-22(9-7-13)18(23)15-5-4-14(24-2)10-16(15)25-3/h4-5,10,13,19H,6-9,11H2,1-3H3. The maximum atomic E-state index is 12.8. The maximum Gasteiger partial charge on any atom is 0.257 e. The Bertz CT molecular complexity index is 757. The summed E-state index contributed by atoms with van der Waals surface area (Å²) in [6.45, 7) is 4.08. The Hall–Kier alpha value is -2.19.